The summed E-state index contributed by atoms with van der Waals surface area (Å²) in [5, 5.41) is 3.09. The van der Waals surface area contributed by atoms with Gasteiger partial charge in [-0.2, -0.15) is 0 Å². The molecule has 2 amide bonds. The monoisotopic (exact) mass is 331 g/mol. The Hall–Kier alpha value is -1.59. The lowest BCUT2D eigenvalue weighted by Crippen LogP contribution is -2.45. The number of amides is 2. The molecule has 0 radical (unpaired) electrons. The number of hydrogen-bond acceptors (Lipinski definition) is 3. The van der Waals surface area contributed by atoms with Crippen molar-refractivity contribution in [1.29, 1.82) is 0 Å². The average Bonchev–Trinajstić information content (AvgIpc) is 2.63. The standard InChI is InChI=1S/C19H29N3O2/c1-2-17-5-3-4-6-18(17)20-19(23)22-9-7-16(8-10-22)15-21-11-13-24-14-12-21/h3-6,16H,2,7-15H2,1H3,(H,20,23). The first-order chi connectivity index (χ1) is 11.8. The van der Waals surface area contributed by atoms with Crippen molar-refractivity contribution in [2.45, 2.75) is 26.2 Å². The number of morpholine rings is 1. The third-order valence-corrected chi connectivity index (χ3v) is 5.16. The molecule has 2 saturated heterocycles. The highest BCUT2D eigenvalue weighted by Crippen LogP contribution is 2.21. The molecule has 0 aliphatic carbocycles. The normalized spacial score (nSPS) is 20.1. The van der Waals surface area contributed by atoms with E-state index in [4.69, 9.17) is 4.74 Å². The molecule has 3 rings (SSSR count). The third kappa shape index (κ3) is 4.48. The third-order valence-electron chi connectivity index (χ3n) is 5.16. The number of hydrogen-bond donors (Lipinski definition) is 1. The number of nitrogens with one attached hydrogen (secondary N) is 1. The second-order valence-electron chi connectivity index (χ2n) is 6.78. The molecule has 1 aromatic rings. The Bertz CT molecular complexity index is 535. The van der Waals surface area contributed by atoms with Gasteiger partial charge >= 0.3 is 6.03 Å². The largest absolute Gasteiger partial charge is 0.379 e. The molecule has 24 heavy (non-hydrogen) atoms. The van der Waals surface area contributed by atoms with Crippen LogP contribution in [0.1, 0.15) is 25.3 Å². The summed E-state index contributed by atoms with van der Waals surface area (Å²) in [6.45, 7) is 8.79. The number of likely N-dealkylation sites (tertiary alicyclic amines) is 1. The number of ether oxygens (including phenoxy) is 1. The highest BCUT2D eigenvalue weighted by atomic mass is 16.5. The lowest BCUT2D eigenvalue weighted by molar-refractivity contribution is 0.0260. The molecule has 2 aliphatic rings. The Morgan fingerprint density at radius 3 is 2.58 bits per heavy atom. The lowest BCUT2D eigenvalue weighted by atomic mass is 9.96. The first-order valence-electron chi connectivity index (χ1n) is 9.20. The van der Waals surface area contributed by atoms with Crippen molar-refractivity contribution in [1.82, 2.24) is 9.80 Å². The minimum absolute atomic E-state index is 0.0423. The summed E-state index contributed by atoms with van der Waals surface area (Å²) in [5.74, 6) is 0.704. The number of rotatable bonds is 4. The van der Waals surface area contributed by atoms with Crippen molar-refractivity contribution in [2.24, 2.45) is 5.92 Å². The van der Waals surface area contributed by atoms with Crippen LogP contribution in [0, 0.1) is 5.92 Å². The molecule has 2 heterocycles. The van der Waals surface area contributed by atoms with Gasteiger partial charge < -0.3 is 15.0 Å². The maximum Gasteiger partial charge on any atom is 0.321 e. The molecule has 2 aliphatic heterocycles. The minimum atomic E-state index is 0.0423. The molecule has 0 atom stereocenters. The van der Waals surface area contributed by atoms with Crippen LogP contribution in [0.3, 0.4) is 0 Å². The Balaban J connectivity index is 1.46. The van der Waals surface area contributed by atoms with Crippen LogP contribution in [0.15, 0.2) is 24.3 Å². The Morgan fingerprint density at radius 2 is 1.88 bits per heavy atom. The Kier molecular flexibility index (Phi) is 6.10. The fourth-order valence-electron chi connectivity index (χ4n) is 3.61. The van der Waals surface area contributed by atoms with Gasteiger partial charge in [0.05, 0.1) is 13.2 Å². The van der Waals surface area contributed by atoms with Crippen LogP contribution in [-0.4, -0.2) is 61.8 Å². The van der Waals surface area contributed by atoms with E-state index in [9.17, 15) is 4.79 Å². The number of carbonyl (C=O) groups excluding carboxylic acids is 1. The van der Waals surface area contributed by atoms with Crippen molar-refractivity contribution in [3.8, 4) is 0 Å². The summed E-state index contributed by atoms with van der Waals surface area (Å²) >= 11 is 0. The molecule has 0 aromatic heterocycles. The van der Waals surface area contributed by atoms with Gasteiger partial charge in [0.1, 0.15) is 0 Å². The molecule has 132 valence electrons. The Labute approximate surface area is 145 Å². The van der Waals surface area contributed by atoms with Gasteiger partial charge in [-0.3, -0.25) is 4.90 Å². The van der Waals surface area contributed by atoms with Crippen molar-refractivity contribution >= 4 is 11.7 Å². The van der Waals surface area contributed by atoms with Gasteiger partial charge in [-0.25, -0.2) is 4.79 Å². The number of aryl methyl sites for hydroxylation is 1. The molecule has 1 N–H and O–H groups in total. The van der Waals surface area contributed by atoms with E-state index in [1.165, 1.54) is 5.56 Å². The van der Waals surface area contributed by atoms with Crippen LogP contribution >= 0.6 is 0 Å². The van der Waals surface area contributed by atoms with Gasteiger partial charge in [-0.1, -0.05) is 25.1 Å². The van der Waals surface area contributed by atoms with Crippen LogP contribution in [0.4, 0.5) is 10.5 Å². The number of benzene rings is 1. The van der Waals surface area contributed by atoms with E-state index >= 15 is 0 Å². The summed E-state index contributed by atoms with van der Waals surface area (Å²) in [6, 6.07) is 8.10. The quantitative estimate of drug-likeness (QED) is 0.923. The van der Waals surface area contributed by atoms with E-state index in [0.717, 1.165) is 70.9 Å². The average molecular weight is 331 g/mol. The second kappa shape index (κ2) is 8.49. The summed E-state index contributed by atoms with van der Waals surface area (Å²) in [4.78, 5) is 17.0. The molecule has 0 bridgehead atoms. The molecular weight excluding hydrogens is 302 g/mol. The predicted molar refractivity (Wildman–Crippen MR) is 96.4 cm³/mol. The molecule has 5 heteroatoms. The van der Waals surface area contributed by atoms with E-state index in [1.54, 1.807) is 0 Å². The number of anilines is 1. The summed E-state index contributed by atoms with van der Waals surface area (Å²) < 4.78 is 5.41. The van der Waals surface area contributed by atoms with E-state index in [2.05, 4.69) is 23.2 Å². The first kappa shape index (κ1) is 17.2. The van der Waals surface area contributed by atoms with Gasteiger partial charge in [0.15, 0.2) is 0 Å². The number of carbonyl (C=O) groups is 1. The first-order valence-corrected chi connectivity index (χ1v) is 9.20. The number of urea groups is 1. The highest BCUT2D eigenvalue weighted by molar-refractivity contribution is 5.90. The van der Waals surface area contributed by atoms with E-state index in [1.807, 2.05) is 23.1 Å². The number of para-hydroxylation sites is 1. The van der Waals surface area contributed by atoms with Crippen LogP contribution in [0.2, 0.25) is 0 Å². The molecule has 1 aromatic carbocycles. The van der Waals surface area contributed by atoms with Crippen LogP contribution in [-0.2, 0) is 11.2 Å². The SMILES string of the molecule is CCc1ccccc1NC(=O)N1CCC(CN2CCOCC2)CC1. The topological polar surface area (TPSA) is 44.8 Å². The zero-order valence-corrected chi connectivity index (χ0v) is 14.7. The van der Waals surface area contributed by atoms with Crippen molar-refractivity contribution in [3.05, 3.63) is 29.8 Å². The van der Waals surface area contributed by atoms with Gasteiger partial charge in [-0.15, -0.1) is 0 Å². The van der Waals surface area contributed by atoms with Gasteiger partial charge in [-0.05, 0) is 36.8 Å². The molecule has 5 nitrogen and oxygen atoms in total. The zero-order chi connectivity index (χ0) is 16.8. The summed E-state index contributed by atoms with van der Waals surface area (Å²) in [5.41, 5.74) is 2.13. The van der Waals surface area contributed by atoms with Gasteiger partial charge in [0.25, 0.3) is 0 Å². The van der Waals surface area contributed by atoms with Crippen LogP contribution < -0.4 is 5.32 Å². The summed E-state index contributed by atoms with van der Waals surface area (Å²) in [7, 11) is 0. The van der Waals surface area contributed by atoms with Crippen LogP contribution in [0.25, 0.3) is 0 Å². The van der Waals surface area contributed by atoms with Crippen molar-refractivity contribution in [3.63, 3.8) is 0 Å². The van der Waals surface area contributed by atoms with E-state index in [-0.39, 0.29) is 6.03 Å². The van der Waals surface area contributed by atoms with Crippen LogP contribution in [0.5, 0.6) is 0 Å². The maximum atomic E-state index is 12.5. The highest BCUT2D eigenvalue weighted by Gasteiger charge is 2.25. The fourth-order valence-corrected chi connectivity index (χ4v) is 3.61. The molecular formula is C19H29N3O2. The lowest BCUT2D eigenvalue weighted by Gasteiger charge is -2.36. The van der Waals surface area contributed by atoms with Gasteiger partial charge in [0.2, 0.25) is 0 Å². The molecule has 2 fully saturated rings. The maximum absolute atomic E-state index is 12.5. The van der Waals surface area contributed by atoms with E-state index < -0.39 is 0 Å². The number of nitrogens with zero attached hydrogens (tertiary/aromatic N) is 2. The minimum Gasteiger partial charge on any atom is -0.379 e. The van der Waals surface area contributed by atoms with Crippen molar-refractivity contribution < 1.29 is 9.53 Å². The molecule has 0 saturated carbocycles. The second-order valence-corrected chi connectivity index (χ2v) is 6.78. The van der Waals surface area contributed by atoms with Gasteiger partial charge in [0, 0.05) is 38.4 Å². The number of piperidine rings is 1. The Morgan fingerprint density at radius 1 is 1.17 bits per heavy atom. The predicted octanol–water partition coefficient (Wildman–Crippen LogP) is 2.83. The van der Waals surface area contributed by atoms with E-state index in [0.29, 0.717) is 5.92 Å². The smallest absolute Gasteiger partial charge is 0.321 e. The fraction of sp³-hybridized carbons (Fsp3) is 0.632. The zero-order valence-electron chi connectivity index (χ0n) is 14.7. The van der Waals surface area contributed by atoms with Crippen molar-refractivity contribution in [2.75, 3.05) is 51.3 Å². The molecule has 0 unspecified atom stereocenters. The summed E-state index contributed by atoms with van der Waals surface area (Å²) in [6.07, 6.45) is 3.12. The molecule has 0 spiro atoms.